The Hall–Kier alpha value is -1.83. The maximum atomic E-state index is 13.8. The molecule has 5 atom stereocenters. The summed E-state index contributed by atoms with van der Waals surface area (Å²) in [7, 11) is 0. The summed E-state index contributed by atoms with van der Waals surface area (Å²) in [6, 6.07) is 7.49. The van der Waals surface area contributed by atoms with Crippen LogP contribution in [0.4, 0.5) is 4.39 Å². The zero-order chi connectivity index (χ0) is 27.5. The fourth-order valence-corrected chi connectivity index (χ4v) is 6.26. The number of aliphatic hydroxyl groups is 1. The molecule has 11 nitrogen and oxygen atoms in total. The second-order valence-corrected chi connectivity index (χ2v) is 12.9. The van der Waals surface area contributed by atoms with E-state index < -0.39 is 65.1 Å². The Morgan fingerprint density at radius 2 is 1.97 bits per heavy atom. The van der Waals surface area contributed by atoms with E-state index in [1.807, 2.05) is 0 Å². The summed E-state index contributed by atoms with van der Waals surface area (Å²) in [5.74, 6) is -1.55. The Labute approximate surface area is 226 Å². The summed E-state index contributed by atoms with van der Waals surface area (Å²) in [5.41, 5.74) is -2.31. The zero-order valence-electron chi connectivity index (χ0n) is 19.8. The Morgan fingerprint density at radius 1 is 1.32 bits per heavy atom. The summed E-state index contributed by atoms with van der Waals surface area (Å²) in [5, 5.41) is 13.5. The highest BCUT2D eigenvalue weighted by Crippen LogP contribution is 2.49. The number of aromatic nitrogens is 2. The van der Waals surface area contributed by atoms with Crippen LogP contribution in [0.3, 0.4) is 0 Å². The fourth-order valence-electron chi connectivity index (χ4n) is 3.25. The molecule has 1 aliphatic heterocycles. The lowest BCUT2D eigenvalue weighted by atomic mass is 10.2. The van der Waals surface area contributed by atoms with Crippen molar-refractivity contribution in [2.75, 3.05) is 6.61 Å². The topological polar surface area (TPSA) is 141 Å². The predicted molar refractivity (Wildman–Crippen MR) is 137 cm³/mol. The molecule has 0 spiro atoms. The number of H-pyrrole nitrogens is 1. The summed E-state index contributed by atoms with van der Waals surface area (Å²) >= 11 is 18.1. The number of hydrogen-bond acceptors (Lipinski definition) is 9. The summed E-state index contributed by atoms with van der Waals surface area (Å²) < 4.78 is 34.8. The molecule has 2 aromatic rings. The standard InChI is InChI=1S/C21H25Cl2FN3O8PS/c1-11(2)33-18(30)12(3)26-36(37,35-13-7-5-4-6-8-13)32-10-15-16(28)21(22,23)19(34-15)27-9-14(24)17(29)25-20(27)31/h4-9,11-12,15-16,19,28H,10H2,1-3H3,(H,26,37)(H,25,29,31)/t12-,15+,16+,19+,36-/m0/s1. The molecule has 0 saturated carbocycles. The maximum absolute atomic E-state index is 13.8. The molecule has 3 rings (SSSR count). The Kier molecular flexibility index (Phi) is 9.57. The minimum Gasteiger partial charge on any atom is -0.462 e. The monoisotopic (exact) mass is 599 g/mol. The van der Waals surface area contributed by atoms with Crippen LogP contribution in [0.5, 0.6) is 5.75 Å². The fraction of sp³-hybridized carbons (Fsp3) is 0.476. The van der Waals surface area contributed by atoms with Crippen molar-refractivity contribution in [2.24, 2.45) is 0 Å². The van der Waals surface area contributed by atoms with Crippen molar-refractivity contribution in [3.63, 3.8) is 0 Å². The normalized spacial score (nSPS) is 23.4. The molecule has 204 valence electrons. The number of halogens is 3. The van der Waals surface area contributed by atoms with Crippen molar-refractivity contribution in [3.8, 4) is 5.75 Å². The van der Waals surface area contributed by atoms with Gasteiger partial charge >= 0.3 is 18.3 Å². The van der Waals surface area contributed by atoms with Crippen molar-refractivity contribution >= 4 is 47.6 Å². The van der Waals surface area contributed by atoms with E-state index in [-0.39, 0.29) is 6.10 Å². The highest BCUT2D eigenvalue weighted by atomic mass is 35.5. The van der Waals surface area contributed by atoms with Crippen LogP contribution in [0.25, 0.3) is 0 Å². The molecule has 0 bridgehead atoms. The van der Waals surface area contributed by atoms with Gasteiger partial charge in [0, 0.05) is 0 Å². The van der Waals surface area contributed by atoms with E-state index in [1.165, 1.54) is 6.92 Å². The van der Waals surface area contributed by atoms with Gasteiger partial charge < -0.3 is 23.6 Å². The van der Waals surface area contributed by atoms with Crippen LogP contribution in [0.1, 0.15) is 27.0 Å². The lowest BCUT2D eigenvalue weighted by Gasteiger charge is -2.28. The number of carbonyl (C=O) groups is 1. The van der Waals surface area contributed by atoms with Crippen molar-refractivity contribution in [1.29, 1.82) is 0 Å². The molecule has 3 N–H and O–H groups in total. The van der Waals surface area contributed by atoms with E-state index >= 15 is 0 Å². The second kappa shape index (κ2) is 11.9. The smallest absolute Gasteiger partial charge is 0.330 e. The maximum Gasteiger partial charge on any atom is 0.330 e. The van der Waals surface area contributed by atoms with Gasteiger partial charge in [0.2, 0.25) is 5.82 Å². The molecule has 1 saturated heterocycles. The van der Waals surface area contributed by atoms with Crippen LogP contribution < -0.4 is 20.9 Å². The van der Waals surface area contributed by atoms with Gasteiger partial charge in [-0.05, 0) is 44.7 Å². The third-order valence-corrected chi connectivity index (χ3v) is 8.31. The SMILES string of the molecule is CC(C)OC(=O)[C@H](C)N[P@](=S)(OC[C@H]1O[C@@H](n2cc(F)c(=O)[nH]c2=O)C(Cl)(Cl)[C@@H]1O)Oc1ccccc1. The molecular weight excluding hydrogens is 575 g/mol. The van der Waals surface area contributed by atoms with Crippen LogP contribution in [-0.4, -0.2) is 55.9 Å². The summed E-state index contributed by atoms with van der Waals surface area (Å²) in [6.07, 6.45) is -4.33. The van der Waals surface area contributed by atoms with Gasteiger partial charge in [0.1, 0.15) is 24.0 Å². The quantitative estimate of drug-likeness (QED) is 0.212. The van der Waals surface area contributed by atoms with Gasteiger partial charge in [-0.2, -0.15) is 4.39 Å². The molecular formula is C21H25Cl2FN3O8PS. The number of ether oxygens (including phenoxy) is 2. The number of carbonyl (C=O) groups excluding carboxylic acids is 1. The third-order valence-electron chi connectivity index (χ3n) is 4.99. The first-order chi connectivity index (χ1) is 17.2. The van der Waals surface area contributed by atoms with Gasteiger partial charge in [0.05, 0.1) is 18.9 Å². The van der Waals surface area contributed by atoms with E-state index in [0.717, 1.165) is 0 Å². The molecule has 0 aliphatic carbocycles. The van der Waals surface area contributed by atoms with Gasteiger partial charge in [-0.1, -0.05) is 41.4 Å². The summed E-state index contributed by atoms with van der Waals surface area (Å²) in [6.45, 7) is 0.939. The average molecular weight is 600 g/mol. The number of benzene rings is 1. The number of nitrogens with one attached hydrogen (secondary N) is 2. The first-order valence-electron chi connectivity index (χ1n) is 10.9. The molecule has 1 fully saturated rings. The molecule has 0 amide bonds. The Balaban J connectivity index is 1.82. The highest BCUT2D eigenvalue weighted by Gasteiger charge is 2.56. The number of nitrogens with zero attached hydrogens (tertiary/aromatic N) is 1. The number of aliphatic hydroxyl groups excluding tert-OH is 1. The van der Waals surface area contributed by atoms with Crippen LogP contribution >= 0.6 is 29.8 Å². The molecule has 1 aliphatic rings. The second-order valence-electron chi connectivity index (χ2n) is 8.32. The van der Waals surface area contributed by atoms with Crippen molar-refractivity contribution in [1.82, 2.24) is 14.6 Å². The van der Waals surface area contributed by atoms with E-state index in [9.17, 15) is 23.9 Å². The third kappa shape index (κ3) is 7.18. The average Bonchev–Trinajstić information content (AvgIpc) is 3.03. The van der Waals surface area contributed by atoms with Gasteiger partial charge in [0.15, 0.2) is 10.6 Å². The lowest BCUT2D eigenvalue weighted by molar-refractivity contribution is -0.149. The van der Waals surface area contributed by atoms with E-state index in [1.54, 1.807) is 49.2 Å². The number of para-hydroxylation sites is 1. The molecule has 0 unspecified atom stereocenters. The minimum absolute atomic E-state index is 0.341. The molecule has 0 radical (unpaired) electrons. The van der Waals surface area contributed by atoms with Crippen molar-refractivity contribution in [2.45, 2.75) is 55.7 Å². The van der Waals surface area contributed by atoms with E-state index in [4.69, 9.17) is 53.5 Å². The summed E-state index contributed by atoms with van der Waals surface area (Å²) in [4.78, 5) is 37.7. The van der Waals surface area contributed by atoms with Gasteiger partial charge in [0.25, 0.3) is 5.56 Å². The van der Waals surface area contributed by atoms with Gasteiger partial charge in [-0.25, -0.2) is 9.88 Å². The van der Waals surface area contributed by atoms with Gasteiger partial charge in [-0.15, -0.1) is 0 Å². The van der Waals surface area contributed by atoms with Crippen LogP contribution in [-0.2, 0) is 30.6 Å². The minimum atomic E-state index is -3.50. The van der Waals surface area contributed by atoms with Crippen LogP contribution in [0.15, 0.2) is 46.1 Å². The lowest BCUT2D eigenvalue weighted by Crippen LogP contribution is -2.42. The Morgan fingerprint density at radius 3 is 2.59 bits per heavy atom. The van der Waals surface area contributed by atoms with Crippen molar-refractivity contribution < 1.29 is 32.8 Å². The molecule has 16 heteroatoms. The highest BCUT2D eigenvalue weighted by molar-refractivity contribution is 8.09. The van der Waals surface area contributed by atoms with Gasteiger partial charge in [-0.3, -0.25) is 19.1 Å². The molecule has 37 heavy (non-hydrogen) atoms. The van der Waals surface area contributed by atoms with Crippen LogP contribution in [0.2, 0.25) is 0 Å². The first-order valence-corrected chi connectivity index (χ1v) is 14.3. The molecule has 1 aromatic heterocycles. The number of esters is 1. The van der Waals surface area contributed by atoms with E-state index in [2.05, 4.69) is 5.09 Å². The zero-order valence-corrected chi connectivity index (χ0v) is 23.0. The number of aromatic amines is 1. The number of rotatable bonds is 10. The van der Waals surface area contributed by atoms with Crippen molar-refractivity contribution in [3.05, 3.63) is 63.2 Å². The van der Waals surface area contributed by atoms with E-state index in [0.29, 0.717) is 16.5 Å². The predicted octanol–water partition coefficient (Wildman–Crippen LogP) is 2.36. The largest absolute Gasteiger partial charge is 0.462 e. The first kappa shape index (κ1) is 29.7. The number of alkyl halides is 2. The molecule has 2 heterocycles. The Bertz CT molecular complexity index is 1280. The molecule has 1 aromatic carbocycles. The van der Waals surface area contributed by atoms with Crippen LogP contribution in [0, 0.1) is 5.82 Å². The number of hydrogen-bond donors (Lipinski definition) is 3.